The van der Waals surface area contributed by atoms with Crippen molar-refractivity contribution in [2.45, 2.75) is 221 Å². The lowest BCUT2D eigenvalue weighted by Gasteiger charge is -2.34. The van der Waals surface area contributed by atoms with E-state index in [9.17, 15) is 94.2 Å². The molecule has 716 valence electrons. The van der Waals surface area contributed by atoms with Crippen molar-refractivity contribution in [2.24, 2.45) is 0 Å². The van der Waals surface area contributed by atoms with Crippen LogP contribution in [0.5, 0.6) is 0 Å². The Balaban J connectivity index is 0.000000245. The number of amides is 1. The van der Waals surface area contributed by atoms with E-state index in [2.05, 4.69) is 153 Å². The molecular formula is C84H140N13O24P5S. The zero-order valence-electron chi connectivity index (χ0n) is 75.6. The number of hydrogen-bond acceptors (Lipinski definition) is 29. The maximum absolute atomic E-state index is 12.2. The van der Waals surface area contributed by atoms with Crippen LogP contribution in [0.4, 0.5) is 0 Å². The molecule has 10 heterocycles. The highest BCUT2D eigenvalue weighted by Crippen LogP contribution is 2.44. The standard InChI is InChI=1S/2C17H30N3O5P.C17H30N3O4PS.C17H25N2O6P.C16H25N2O4P/c2*1-5-7-18-9-11-10-20(17(24)19-15(11)23)16-14(22)13(21)12(25-16)6-8-26(2,3)4;1-5-7-18-9-11-10-20(17(26)19-15(11)23)16-14(22)13(21)12(24-16)6-8-25(2,3)4;1-10(20)5-6-11-9-19(17(24)18-15(11)23)16-14(22)13(21)12(25-16)7-8-26(2,3)4;1-6-11-9-18(10(2)17-15(11)21)16-14(20)13(19)12(22-16)7-8-23(3,4)5/h2*10,12-14,16,18,21-22H,2,5-9H2,1,3-4H3,(H,19,23,24);10,12-14,16,18,21-22H,2,5-9H2,1,3-4H3,(H,19,23,26);5-6,9,12-14,16,21-22H,2,7-8H2,1,3-4H3,(H,18,23,24);6,9,12-14,16,19-20H,1-3,7-8H2,4-5H3,(H,17,21)/b;;;6-5+;/t5*12-,13-,14-,16?/m11111/s1. The molecule has 4 aromatic heterocycles. The number of hydrogen-bond donors (Lipinski definition) is 18. The minimum atomic E-state index is -1.33. The highest BCUT2D eigenvalue weighted by atomic mass is 32.1. The number of aliphatic hydroxyl groups is 10. The smallest absolute Gasteiger partial charge is 0.330 e. The third kappa shape index (κ3) is 32.6. The molecule has 43 heteroatoms. The molecule has 0 spiro atoms. The average Bonchev–Trinajstić information content (AvgIpc) is 1.69. The number of carbonyl (C=O) groups excluding carboxylic acids is 2. The maximum Gasteiger partial charge on any atom is 0.330 e. The number of aromatic nitrogens is 8. The molecule has 6 aliphatic rings. The van der Waals surface area contributed by atoms with Crippen molar-refractivity contribution in [3.63, 3.8) is 0 Å². The topological polar surface area (TPSA) is 536 Å². The van der Waals surface area contributed by atoms with Crippen molar-refractivity contribution in [3.05, 3.63) is 168 Å². The Morgan fingerprint density at radius 2 is 0.709 bits per heavy atom. The number of allylic oxidation sites excluding steroid dienone is 1. The van der Waals surface area contributed by atoms with E-state index in [1.54, 1.807) is 6.20 Å². The zero-order valence-corrected chi connectivity index (χ0v) is 80.9. The molecule has 0 aromatic carbocycles. The first-order chi connectivity index (χ1) is 59.0. The van der Waals surface area contributed by atoms with Gasteiger partial charge in [-0.05, 0) is 200 Å². The predicted octanol–water partition coefficient (Wildman–Crippen LogP) is 0.996. The van der Waals surface area contributed by atoms with Gasteiger partial charge in [0.1, 0.15) is 66.9 Å². The fraction of sp³-hybridized carbons (Fsp3) is 0.631. The van der Waals surface area contributed by atoms with Crippen LogP contribution in [0.15, 0.2) is 101 Å². The summed E-state index contributed by atoms with van der Waals surface area (Å²) >= 11 is 5.24. The molecule has 37 nitrogen and oxygen atoms in total. The van der Waals surface area contributed by atoms with Crippen molar-refractivity contribution in [3.8, 4) is 0 Å². The molecule has 20 atom stereocenters. The van der Waals surface area contributed by atoms with E-state index in [-0.39, 0.29) is 27.6 Å². The number of H-pyrrole nitrogens is 4. The van der Waals surface area contributed by atoms with Gasteiger partial charge in [-0.1, -0.05) is 40.0 Å². The van der Waals surface area contributed by atoms with Crippen LogP contribution in [-0.2, 0) is 52.9 Å². The number of aromatic amines is 4. The van der Waals surface area contributed by atoms with E-state index < -0.39 is 191 Å². The normalized spacial score (nSPS) is 27.4. The summed E-state index contributed by atoms with van der Waals surface area (Å²) in [7, 11) is 0. The van der Waals surface area contributed by atoms with Crippen LogP contribution < -0.4 is 60.6 Å². The molecule has 5 fully saturated rings. The summed E-state index contributed by atoms with van der Waals surface area (Å²) in [4.78, 5) is 118. The van der Waals surface area contributed by atoms with Gasteiger partial charge in [0, 0.05) is 67.3 Å². The number of rotatable bonds is 35. The van der Waals surface area contributed by atoms with Crippen molar-refractivity contribution in [1.82, 2.24) is 64.4 Å². The lowest BCUT2D eigenvalue weighted by atomic mass is 10.1. The Labute approximate surface area is 746 Å². The van der Waals surface area contributed by atoms with Gasteiger partial charge in [-0.25, -0.2) is 14.4 Å². The molecule has 10 rings (SSSR count). The minimum Gasteiger partial charge on any atom is -0.388 e. The summed E-state index contributed by atoms with van der Waals surface area (Å²) in [6, 6.07) is 0. The molecule has 0 bridgehead atoms. The molecule has 18 N–H and O–H groups in total. The molecule has 5 unspecified atom stereocenters. The van der Waals surface area contributed by atoms with Gasteiger partial charge in [-0.3, -0.25) is 67.0 Å². The molecule has 1 amide bonds. The van der Waals surface area contributed by atoms with Crippen molar-refractivity contribution in [2.75, 3.05) is 117 Å². The second-order valence-electron chi connectivity index (χ2n) is 36.3. The Kier molecular flexibility index (Phi) is 41.8. The molecule has 6 aliphatic heterocycles. The Hall–Kier alpha value is -6.18. The number of ether oxygens (including phenoxy) is 5. The maximum atomic E-state index is 12.2. The first kappa shape index (κ1) is 110. The van der Waals surface area contributed by atoms with E-state index in [0.29, 0.717) is 79.8 Å². The Morgan fingerprint density at radius 3 is 1.01 bits per heavy atom. The molecular weight excluding hydrogens is 1760 g/mol. The van der Waals surface area contributed by atoms with Gasteiger partial charge in [0.2, 0.25) is 0 Å². The van der Waals surface area contributed by atoms with Crippen molar-refractivity contribution < 1.29 is 84.3 Å². The summed E-state index contributed by atoms with van der Waals surface area (Å²) in [5.41, 5.74) is -2.30. The largest absolute Gasteiger partial charge is 0.388 e. The van der Waals surface area contributed by atoms with Crippen LogP contribution in [0.2, 0.25) is 0 Å². The van der Waals surface area contributed by atoms with Crippen LogP contribution in [-0.4, -0.2) is 352 Å². The van der Waals surface area contributed by atoms with E-state index in [0.717, 1.165) is 83.4 Å². The van der Waals surface area contributed by atoms with Crippen LogP contribution in [0.1, 0.15) is 126 Å². The molecule has 0 aliphatic carbocycles. The monoisotopic (exact) mass is 1900 g/mol. The van der Waals surface area contributed by atoms with Gasteiger partial charge in [0.25, 0.3) is 28.1 Å². The summed E-state index contributed by atoms with van der Waals surface area (Å²) in [6.07, 6.45) is 22.6. The van der Waals surface area contributed by atoms with Crippen LogP contribution in [0.3, 0.4) is 0 Å². The summed E-state index contributed by atoms with van der Waals surface area (Å²) in [5.74, 6) is -0.272. The predicted molar refractivity (Wildman–Crippen MR) is 514 cm³/mol. The second kappa shape index (κ2) is 48.5. The minimum absolute atomic E-state index is 0.0679. The fourth-order valence-electron chi connectivity index (χ4n) is 14.0. The van der Waals surface area contributed by atoms with E-state index >= 15 is 0 Å². The van der Waals surface area contributed by atoms with Crippen LogP contribution in [0.25, 0.3) is 6.08 Å². The van der Waals surface area contributed by atoms with Crippen molar-refractivity contribution in [1.29, 1.82) is 0 Å². The molecule has 4 aromatic rings. The first-order valence-electron chi connectivity index (χ1n) is 42.3. The summed E-state index contributed by atoms with van der Waals surface area (Å²) in [5, 5.41) is 115. The quantitative estimate of drug-likeness (QED) is 0.0132. The molecule has 0 radical (unpaired) electrons. The number of aliphatic hydroxyl groups excluding tert-OH is 10. The third-order valence-corrected chi connectivity index (χ3v) is 29.0. The number of ketones is 1. The van der Waals surface area contributed by atoms with Gasteiger partial charge < -0.3 is 101 Å². The first-order valence-corrected chi connectivity index (χ1v) is 58.0. The highest BCUT2D eigenvalue weighted by molar-refractivity contribution is 7.73. The van der Waals surface area contributed by atoms with Gasteiger partial charge >= 0.3 is 17.1 Å². The van der Waals surface area contributed by atoms with Crippen LogP contribution in [0, 0.1) is 4.77 Å². The average molecular weight is 1900 g/mol. The fourth-order valence-corrected chi connectivity index (χ4v) is 19.1. The summed E-state index contributed by atoms with van der Waals surface area (Å²) in [6.45, 7) is 32.6. The number of carbonyl (C=O) groups is 2. The highest BCUT2D eigenvalue weighted by Gasteiger charge is 2.50. The SMILES string of the molecule is C=CC1=CN(C2O[C@H](CCP(=C)(C)C)[C@@H](O)[C@H]2O)C(=C)NC1=O.C=P(C)(C)CC[C@H]1OC(n2cc(/C=C/C(C)=O)c(=O)[nH]c2=O)[C@H](O)[C@@H]1O.C=P(C)(C)CC[C@H]1OC(n2cc(CNCCC)c(=O)[nH]c2=O)[C@H](O)[C@@H]1O.C=P(C)(C)CC[C@H]1OC(n2cc(CNCCC)c(=O)[nH]c2=O)[C@H](O)[C@@H]1O.C=P(C)(C)CC[C@H]1OC(n2cc(CNCCC)c(=O)[nH]c2=S)[C@H](O)[C@@H]1O. The van der Waals surface area contributed by atoms with Gasteiger partial charge in [-0.2, -0.15) is 0 Å². The van der Waals surface area contributed by atoms with E-state index in [4.69, 9.17) is 35.9 Å². The lowest BCUT2D eigenvalue weighted by Crippen LogP contribution is -2.47. The lowest BCUT2D eigenvalue weighted by molar-refractivity contribution is -0.119. The summed E-state index contributed by atoms with van der Waals surface area (Å²) < 4.78 is 34.1. The van der Waals surface area contributed by atoms with E-state index in [1.165, 1.54) is 59.4 Å². The Bertz CT molecular complexity index is 4940. The Morgan fingerprint density at radius 1 is 0.433 bits per heavy atom. The van der Waals surface area contributed by atoms with Gasteiger partial charge in [0.05, 0.1) is 41.7 Å². The van der Waals surface area contributed by atoms with Gasteiger partial charge in [0.15, 0.2) is 41.7 Å². The molecule has 0 saturated carbocycles. The number of nitrogens with one attached hydrogen (secondary N) is 8. The third-order valence-electron chi connectivity index (χ3n) is 21.3. The van der Waals surface area contributed by atoms with Crippen LogP contribution >= 0.6 is 46.6 Å². The van der Waals surface area contributed by atoms with E-state index in [1.807, 2.05) is 20.8 Å². The van der Waals surface area contributed by atoms with Gasteiger partial charge in [-0.15, -0.1) is 65.9 Å². The molecule has 127 heavy (non-hydrogen) atoms. The zero-order chi connectivity index (χ0) is 95.5. The second-order valence-corrected chi connectivity index (χ2v) is 58.2. The molecule has 5 saturated heterocycles. The van der Waals surface area contributed by atoms with Crippen molar-refractivity contribution >= 4 is 95.9 Å². The number of nitrogens with zero attached hydrogens (tertiary/aromatic N) is 5.